The Morgan fingerprint density at radius 2 is 2.18 bits per heavy atom. The third-order valence-electron chi connectivity index (χ3n) is 2.03. The molecule has 1 aromatic heterocycles. The summed E-state index contributed by atoms with van der Waals surface area (Å²) in [5, 5.41) is 19.9. The van der Waals surface area contributed by atoms with Gasteiger partial charge in [-0.1, -0.05) is 0 Å². The van der Waals surface area contributed by atoms with Gasteiger partial charge >= 0.3 is 0 Å². The van der Waals surface area contributed by atoms with Crippen LogP contribution in [0.4, 0.5) is 10.8 Å². The number of benzene rings is 1. The summed E-state index contributed by atoms with van der Waals surface area (Å²) in [7, 11) is 1.55. The molecule has 0 saturated heterocycles. The van der Waals surface area contributed by atoms with Crippen molar-refractivity contribution in [3.63, 3.8) is 0 Å². The van der Waals surface area contributed by atoms with Crippen LogP contribution in [0.2, 0.25) is 0 Å². The van der Waals surface area contributed by atoms with Crippen molar-refractivity contribution in [2.45, 2.75) is 6.92 Å². The minimum absolute atomic E-state index is 0.0582. The van der Waals surface area contributed by atoms with E-state index in [4.69, 9.17) is 4.74 Å². The first-order chi connectivity index (χ1) is 8.19. The maximum Gasteiger partial charge on any atom is 0.230 e. The zero-order chi connectivity index (χ0) is 12.3. The van der Waals surface area contributed by atoms with Crippen molar-refractivity contribution in [1.82, 2.24) is 4.98 Å². The Balaban J connectivity index is 2.25. The van der Waals surface area contributed by atoms with Crippen molar-refractivity contribution in [2.75, 3.05) is 7.11 Å². The summed E-state index contributed by atoms with van der Waals surface area (Å²) < 4.78 is 5.04. The number of phenolic OH excluding ortho intramolecular Hbond substituents is 1. The van der Waals surface area contributed by atoms with E-state index in [1.54, 1.807) is 19.2 Å². The van der Waals surface area contributed by atoms with Crippen LogP contribution < -0.4 is 4.74 Å². The molecule has 0 aliphatic heterocycles. The van der Waals surface area contributed by atoms with Crippen LogP contribution >= 0.6 is 11.3 Å². The van der Waals surface area contributed by atoms with E-state index in [0.717, 1.165) is 5.69 Å². The fourth-order valence-electron chi connectivity index (χ4n) is 1.19. The van der Waals surface area contributed by atoms with Crippen molar-refractivity contribution in [3.05, 3.63) is 29.3 Å². The molecule has 0 aliphatic rings. The minimum Gasteiger partial charge on any atom is -0.506 e. The van der Waals surface area contributed by atoms with Gasteiger partial charge in [-0.25, -0.2) is 4.98 Å². The topological polar surface area (TPSA) is 67.1 Å². The zero-order valence-electron chi connectivity index (χ0n) is 9.41. The molecule has 1 heterocycles. The molecule has 2 aromatic rings. The SMILES string of the molecule is COc1ccc(O)c(N=Nc2nc(C)cs2)c1. The number of aromatic hydroxyl groups is 1. The molecule has 0 fully saturated rings. The lowest BCUT2D eigenvalue weighted by atomic mass is 10.3. The molecular formula is C11H11N3O2S. The highest BCUT2D eigenvalue weighted by Crippen LogP contribution is 2.32. The largest absolute Gasteiger partial charge is 0.506 e. The fourth-order valence-corrected chi connectivity index (χ4v) is 1.81. The number of thiazole rings is 1. The molecule has 88 valence electrons. The first kappa shape index (κ1) is 11.5. The van der Waals surface area contributed by atoms with E-state index in [9.17, 15) is 5.11 Å². The van der Waals surface area contributed by atoms with Gasteiger partial charge in [0.25, 0.3) is 0 Å². The van der Waals surface area contributed by atoms with Crippen LogP contribution in [0.25, 0.3) is 0 Å². The minimum atomic E-state index is 0.0582. The van der Waals surface area contributed by atoms with E-state index in [0.29, 0.717) is 16.6 Å². The van der Waals surface area contributed by atoms with Crippen LogP contribution in [0, 0.1) is 6.92 Å². The van der Waals surface area contributed by atoms with Crippen LogP contribution in [-0.2, 0) is 0 Å². The van der Waals surface area contributed by atoms with E-state index >= 15 is 0 Å². The average Bonchev–Trinajstić information content (AvgIpc) is 2.74. The molecular weight excluding hydrogens is 238 g/mol. The Hall–Kier alpha value is -1.95. The third-order valence-corrected chi connectivity index (χ3v) is 2.88. The molecule has 0 aliphatic carbocycles. The van der Waals surface area contributed by atoms with Crippen LogP contribution in [0.3, 0.4) is 0 Å². The van der Waals surface area contributed by atoms with Gasteiger partial charge in [-0.2, -0.15) is 0 Å². The second kappa shape index (κ2) is 4.92. The number of azo groups is 1. The molecule has 1 N–H and O–H groups in total. The number of hydrogen-bond donors (Lipinski definition) is 1. The molecule has 6 heteroatoms. The maximum atomic E-state index is 9.59. The molecule has 0 unspecified atom stereocenters. The van der Waals surface area contributed by atoms with Gasteiger partial charge in [0.15, 0.2) is 0 Å². The molecule has 2 rings (SSSR count). The van der Waals surface area contributed by atoms with Crippen molar-refractivity contribution < 1.29 is 9.84 Å². The van der Waals surface area contributed by atoms with Crippen molar-refractivity contribution >= 4 is 22.2 Å². The lowest BCUT2D eigenvalue weighted by Crippen LogP contribution is -1.80. The standard InChI is InChI=1S/C11H11N3O2S/c1-7-6-17-11(12-7)14-13-9-5-8(16-2)3-4-10(9)15/h3-6,15H,1-2H3. The predicted octanol–water partition coefficient (Wildman–Crippen LogP) is 3.58. The van der Waals surface area contributed by atoms with Gasteiger partial charge in [0.2, 0.25) is 5.13 Å². The molecule has 1 aromatic carbocycles. The van der Waals surface area contributed by atoms with Gasteiger partial charge in [0.1, 0.15) is 17.2 Å². The second-order valence-electron chi connectivity index (χ2n) is 3.33. The lowest BCUT2D eigenvalue weighted by Gasteiger charge is -2.01. The number of ether oxygens (including phenoxy) is 1. The van der Waals surface area contributed by atoms with Crippen molar-refractivity contribution in [1.29, 1.82) is 0 Å². The summed E-state index contributed by atoms with van der Waals surface area (Å²) >= 11 is 1.40. The summed E-state index contributed by atoms with van der Waals surface area (Å²) in [5.74, 6) is 0.676. The maximum absolute atomic E-state index is 9.59. The highest BCUT2D eigenvalue weighted by Gasteiger charge is 2.02. The molecule has 0 atom stereocenters. The van der Waals surface area contributed by atoms with E-state index in [-0.39, 0.29) is 5.75 Å². The predicted molar refractivity (Wildman–Crippen MR) is 65.7 cm³/mol. The molecule has 0 radical (unpaired) electrons. The molecule has 0 saturated carbocycles. The van der Waals surface area contributed by atoms with Crippen molar-refractivity contribution in [2.24, 2.45) is 10.2 Å². The zero-order valence-corrected chi connectivity index (χ0v) is 10.2. The van der Waals surface area contributed by atoms with Gasteiger partial charge < -0.3 is 9.84 Å². The van der Waals surface area contributed by atoms with Crippen LogP contribution in [0.15, 0.2) is 33.8 Å². The van der Waals surface area contributed by atoms with Gasteiger partial charge in [-0.05, 0) is 19.1 Å². The fraction of sp³-hybridized carbons (Fsp3) is 0.182. The summed E-state index contributed by atoms with van der Waals surface area (Å²) in [6, 6.07) is 4.78. The molecule has 0 spiro atoms. The number of aryl methyl sites for hydroxylation is 1. The first-order valence-electron chi connectivity index (χ1n) is 4.90. The van der Waals surface area contributed by atoms with Crippen LogP contribution in [-0.4, -0.2) is 17.2 Å². The molecule has 17 heavy (non-hydrogen) atoms. The smallest absolute Gasteiger partial charge is 0.230 e. The van der Waals surface area contributed by atoms with Gasteiger partial charge in [0, 0.05) is 11.4 Å². The van der Waals surface area contributed by atoms with Gasteiger partial charge in [-0.15, -0.1) is 21.6 Å². The van der Waals surface area contributed by atoms with Crippen molar-refractivity contribution in [3.8, 4) is 11.5 Å². The number of phenols is 1. The number of rotatable bonds is 3. The molecule has 0 amide bonds. The third kappa shape index (κ3) is 2.79. The molecule has 0 bridgehead atoms. The highest BCUT2D eigenvalue weighted by atomic mass is 32.1. The number of aromatic nitrogens is 1. The summed E-state index contributed by atoms with van der Waals surface area (Å²) in [6.45, 7) is 1.89. The lowest BCUT2D eigenvalue weighted by molar-refractivity contribution is 0.412. The normalized spacial score (nSPS) is 10.9. The monoisotopic (exact) mass is 249 g/mol. The second-order valence-corrected chi connectivity index (χ2v) is 4.16. The Morgan fingerprint density at radius 3 is 2.82 bits per heavy atom. The van der Waals surface area contributed by atoms with Crippen LogP contribution in [0.1, 0.15) is 5.69 Å². The summed E-state index contributed by atoms with van der Waals surface area (Å²) in [6.07, 6.45) is 0. The van der Waals surface area contributed by atoms with Gasteiger partial charge in [0.05, 0.1) is 12.8 Å². The quantitative estimate of drug-likeness (QED) is 0.845. The average molecular weight is 249 g/mol. The summed E-state index contributed by atoms with van der Waals surface area (Å²) in [4.78, 5) is 4.14. The van der Waals surface area contributed by atoms with E-state index in [1.807, 2.05) is 12.3 Å². The van der Waals surface area contributed by atoms with Crippen LogP contribution in [0.5, 0.6) is 11.5 Å². The Morgan fingerprint density at radius 1 is 1.35 bits per heavy atom. The first-order valence-corrected chi connectivity index (χ1v) is 5.78. The number of hydrogen-bond acceptors (Lipinski definition) is 6. The summed E-state index contributed by atoms with van der Waals surface area (Å²) in [5.41, 5.74) is 1.26. The van der Waals surface area contributed by atoms with E-state index in [1.165, 1.54) is 17.4 Å². The highest BCUT2D eigenvalue weighted by molar-refractivity contribution is 7.13. The van der Waals surface area contributed by atoms with E-state index in [2.05, 4.69) is 15.2 Å². The Bertz CT molecular complexity index is 551. The number of methoxy groups -OCH3 is 1. The van der Waals surface area contributed by atoms with Gasteiger partial charge in [-0.3, -0.25) is 0 Å². The Kier molecular flexibility index (Phi) is 3.34. The Labute approximate surface area is 102 Å². The number of nitrogens with zero attached hydrogens (tertiary/aromatic N) is 3. The van der Waals surface area contributed by atoms with E-state index < -0.39 is 0 Å². The molecule has 5 nitrogen and oxygen atoms in total.